The highest BCUT2D eigenvalue weighted by Crippen LogP contribution is 2.52. The second kappa shape index (κ2) is 11.7. The predicted molar refractivity (Wildman–Crippen MR) is 100 cm³/mol. The van der Waals surface area contributed by atoms with Gasteiger partial charge < -0.3 is 0 Å². The van der Waals surface area contributed by atoms with Crippen LogP contribution >= 0.6 is 78.2 Å². The first kappa shape index (κ1) is 20.2. The molecule has 6 nitrogen and oxygen atoms in total. The summed E-state index contributed by atoms with van der Waals surface area (Å²) >= 11 is 2.91. The van der Waals surface area contributed by atoms with E-state index in [9.17, 15) is 5.26 Å². The van der Waals surface area contributed by atoms with Gasteiger partial charge in [0.1, 0.15) is 36.8 Å². The molecule has 0 bridgehead atoms. The first-order valence-corrected chi connectivity index (χ1v) is 12.1. The Kier molecular flexibility index (Phi) is 10.3. The van der Waals surface area contributed by atoms with Gasteiger partial charge in [0.2, 0.25) is 0 Å². The monoisotopic (exact) mass is 430 g/mol. The minimum absolute atomic E-state index is 0.299. The molecule has 1 aromatic heterocycles. The molecule has 0 amide bonds. The molecule has 0 radical (unpaired) electrons. The lowest BCUT2D eigenvalue weighted by molar-refractivity contribution is 1.25. The van der Waals surface area contributed by atoms with Gasteiger partial charge in [-0.15, -0.1) is 0 Å². The molecule has 1 rings (SSSR count). The van der Waals surface area contributed by atoms with E-state index >= 15 is 0 Å². The average Bonchev–Trinajstić information content (AvgIpc) is 2.99. The molecule has 1 aromatic rings. The Labute approximate surface area is 160 Å². The lowest BCUT2D eigenvalue weighted by atomic mass is 10.2. The van der Waals surface area contributed by atoms with Gasteiger partial charge in [-0.05, 0) is 35.1 Å². The molecule has 1 heterocycles. The molecule has 0 fully saturated rings. The highest BCUT2D eigenvalue weighted by Gasteiger charge is 2.28. The maximum absolute atomic E-state index is 9.44. The van der Waals surface area contributed by atoms with Crippen LogP contribution in [-0.4, -0.2) is 4.37 Å². The van der Waals surface area contributed by atoms with E-state index in [1.165, 1.54) is 0 Å². The van der Waals surface area contributed by atoms with E-state index in [4.69, 9.17) is 21.0 Å². The number of rotatable bonds is 8. The van der Waals surface area contributed by atoms with Crippen LogP contribution in [0.2, 0.25) is 0 Å². The second-order valence-electron chi connectivity index (χ2n) is 3.04. The van der Waals surface area contributed by atoms with Crippen molar-refractivity contribution in [3.63, 3.8) is 0 Å². The lowest BCUT2D eigenvalue weighted by Crippen LogP contribution is -1.93. The maximum Gasteiger partial charge on any atom is 0.145 e. The zero-order chi connectivity index (χ0) is 17.1. The summed E-state index contributed by atoms with van der Waals surface area (Å²) in [6.07, 6.45) is 0. The average molecular weight is 431 g/mol. The quantitative estimate of drug-likeness (QED) is 0.306. The second-order valence-corrected chi connectivity index (χ2v) is 10.4. The first-order valence-electron chi connectivity index (χ1n) is 5.15. The van der Waals surface area contributed by atoms with Gasteiger partial charge in [0.15, 0.2) is 0 Å². The van der Waals surface area contributed by atoms with Gasteiger partial charge in [-0.2, -0.15) is 30.7 Å². The molecule has 0 aliphatic carbocycles. The van der Waals surface area contributed by atoms with Crippen LogP contribution in [0.25, 0.3) is 0 Å². The van der Waals surface area contributed by atoms with E-state index < -0.39 is 9.16 Å². The standard InChI is InChI=1S/C10H2N6S7/c11-1-6-7(9(17-2-12)22-19-4-14)16-21-8(6)10(18-3-13)23-20-5-15/h9-10H. The van der Waals surface area contributed by atoms with Crippen molar-refractivity contribution in [1.82, 2.24) is 4.37 Å². The van der Waals surface area contributed by atoms with Crippen molar-refractivity contribution in [2.75, 3.05) is 0 Å². The van der Waals surface area contributed by atoms with Crippen molar-refractivity contribution in [1.29, 1.82) is 26.3 Å². The summed E-state index contributed by atoms with van der Waals surface area (Å²) in [6.45, 7) is 0. The van der Waals surface area contributed by atoms with Gasteiger partial charge in [-0.25, -0.2) is 0 Å². The number of thiocyanates is 4. The SMILES string of the molecule is N#CSSC(SC#N)c1nsc(C(SC#N)SSC#N)c1C#N. The Morgan fingerprint density at radius 1 is 0.826 bits per heavy atom. The van der Waals surface area contributed by atoms with Gasteiger partial charge in [-0.1, -0.05) is 21.6 Å². The van der Waals surface area contributed by atoms with E-state index in [2.05, 4.69) is 10.4 Å². The largest absolute Gasteiger partial charge is 0.194 e. The Bertz CT molecular complexity index is 687. The van der Waals surface area contributed by atoms with Crippen molar-refractivity contribution in [2.45, 2.75) is 9.16 Å². The van der Waals surface area contributed by atoms with Gasteiger partial charge in [0.05, 0.1) is 16.1 Å². The lowest BCUT2D eigenvalue weighted by Gasteiger charge is -2.09. The molecule has 0 saturated carbocycles. The molecule has 2 unspecified atom stereocenters. The Morgan fingerprint density at radius 2 is 1.39 bits per heavy atom. The zero-order valence-electron chi connectivity index (χ0n) is 10.7. The van der Waals surface area contributed by atoms with Crippen molar-refractivity contribution < 1.29 is 0 Å². The number of aromatic nitrogens is 1. The van der Waals surface area contributed by atoms with E-state index in [-0.39, 0.29) is 0 Å². The molecule has 0 spiro atoms. The number of hydrogen-bond donors (Lipinski definition) is 0. The molecule has 0 saturated heterocycles. The fraction of sp³-hybridized carbons (Fsp3) is 0.200. The normalized spacial score (nSPS) is 12.0. The smallest absolute Gasteiger partial charge is 0.145 e. The summed E-state index contributed by atoms with van der Waals surface area (Å²) in [6, 6.07) is 2.07. The third-order valence-corrected chi connectivity index (χ3v) is 9.49. The number of thioether (sulfide) groups is 2. The fourth-order valence-corrected chi connectivity index (χ4v) is 7.56. The summed E-state index contributed by atoms with van der Waals surface area (Å²) in [5, 5.41) is 52.3. The third-order valence-electron chi connectivity index (χ3n) is 1.96. The first-order chi connectivity index (χ1) is 11.2. The van der Waals surface area contributed by atoms with Gasteiger partial charge in [0, 0.05) is 21.6 Å². The maximum atomic E-state index is 9.44. The Balaban J connectivity index is 3.18. The van der Waals surface area contributed by atoms with E-state index in [0.29, 0.717) is 16.1 Å². The molecule has 0 aliphatic rings. The molecule has 0 N–H and O–H groups in total. The van der Waals surface area contributed by atoms with Crippen molar-refractivity contribution >= 4 is 78.2 Å². The Hall–Kier alpha value is -0.820. The summed E-state index contributed by atoms with van der Waals surface area (Å²) in [5.74, 6) is 0. The summed E-state index contributed by atoms with van der Waals surface area (Å²) < 4.78 is 3.34. The molecular weight excluding hydrogens is 429 g/mol. The summed E-state index contributed by atoms with van der Waals surface area (Å²) in [7, 11) is 4.13. The van der Waals surface area contributed by atoms with Gasteiger partial charge >= 0.3 is 0 Å². The zero-order valence-corrected chi connectivity index (χ0v) is 16.4. The summed E-state index contributed by atoms with van der Waals surface area (Å²) in [5.41, 5.74) is 0.713. The highest BCUT2D eigenvalue weighted by molar-refractivity contribution is 8.80. The van der Waals surface area contributed by atoms with Gasteiger partial charge in [0.25, 0.3) is 0 Å². The van der Waals surface area contributed by atoms with Crippen LogP contribution in [0, 0.1) is 54.0 Å². The molecular formula is C10H2N6S7. The van der Waals surface area contributed by atoms with E-state index in [1.807, 2.05) is 21.6 Å². The third kappa shape index (κ3) is 5.95. The summed E-state index contributed by atoms with van der Waals surface area (Å²) in [4.78, 5) is 0.577. The highest BCUT2D eigenvalue weighted by atomic mass is 33.1. The van der Waals surface area contributed by atoms with Crippen molar-refractivity contribution in [3.8, 4) is 27.7 Å². The molecule has 0 aliphatic heterocycles. The van der Waals surface area contributed by atoms with Crippen molar-refractivity contribution in [3.05, 3.63) is 16.1 Å². The van der Waals surface area contributed by atoms with Crippen LogP contribution in [0.4, 0.5) is 0 Å². The van der Waals surface area contributed by atoms with Crippen LogP contribution < -0.4 is 0 Å². The Morgan fingerprint density at radius 3 is 1.91 bits per heavy atom. The fourth-order valence-electron chi connectivity index (χ4n) is 1.21. The molecule has 23 heavy (non-hydrogen) atoms. The van der Waals surface area contributed by atoms with Crippen LogP contribution in [0.1, 0.15) is 25.3 Å². The minimum atomic E-state index is -0.481. The molecule has 13 heteroatoms. The van der Waals surface area contributed by atoms with E-state index in [0.717, 1.165) is 78.2 Å². The van der Waals surface area contributed by atoms with Crippen LogP contribution in [0.5, 0.6) is 0 Å². The van der Waals surface area contributed by atoms with Crippen LogP contribution in [0.15, 0.2) is 0 Å². The molecule has 114 valence electrons. The molecule has 2 atom stereocenters. The molecule has 0 aromatic carbocycles. The van der Waals surface area contributed by atoms with Gasteiger partial charge in [-0.3, -0.25) is 0 Å². The predicted octanol–water partition coefficient (Wildman–Crippen LogP) is 5.17. The number of nitriles is 5. The van der Waals surface area contributed by atoms with E-state index in [1.54, 1.807) is 0 Å². The van der Waals surface area contributed by atoms with Crippen molar-refractivity contribution in [2.24, 2.45) is 0 Å². The minimum Gasteiger partial charge on any atom is -0.194 e. The van der Waals surface area contributed by atoms with Crippen LogP contribution in [-0.2, 0) is 0 Å². The van der Waals surface area contributed by atoms with Crippen LogP contribution in [0.3, 0.4) is 0 Å². The topological polar surface area (TPSA) is 132 Å². The number of nitrogens with zero attached hydrogens (tertiary/aromatic N) is 6. The number of hydrogen-bond acceptors (Lipinski definition) is 13.